The number of imide groups is 1. The van der Waals surface area contributed by atoms with Gasteiger partial charge in [0.25, 0.3) is 0 Å². The van der Waals surface area contributed by atoms with Crippen LogP contribution in [0.5, 0.6) is 0 Å². The summed E-state index contributed by atoms with van der Waals surface area (Å²) in [7, 11) is 0. The normalized spacial score (nSPS) is 29.5. The number of likely N-dealkylation sites (tertiary alicyclic amines) is 1. The molecule has 0 spiro atoms. The molecule has 124 valence electrons. The fourth-order valence-electron chi connectivity index (χ4n) is 4.70. The van der Waals surface area contributed by atoms with Gasteiger partial charge in [0.05, 0.1) is 18.4 Å². The van der Waals surface area contributed by atoms with Crippen molar-refractivity contribution in [2.75, 3.05) is 0 Å². The van der Waals surface area contributed by atoms with Crippen molar-refractivity contribution >= 4 is 23.4 Å². The highest BCUT2D eigenvalue weighted by Gasteiger charge is 2.59. The summed E-state index contributed by atoms with van der Waals surface area (Å²) in [6, 6.07) is 17.7. The minimum Gasteiger partial charge on any atom is -0.278 e. The zero-order valence-corrected chi connectivity index (χ0v) is 14.2. The molecule has 0 aromatic heterocycles. The maximum atomic E-state index is 13.1. The van der Waals surface area contributed by atoms with Crippen LogP contribution >= 0.6 is 11.6 Å². The lowest BCUT2D eigenvalue weighted by atomic mass is 9.60. The van der Waals surface area contributed by atoms with Gasteiger partial charge in [-0.15, -0.1) is 0 Å². The van der Waals surface area contributed by atoms with Crippen molar-refractivity contribution in [2.24, 2.45) is 11.8 Å². The summed E-state index contributed by atoms with van der Waals surface area (Å²) in [4.78, 5) is 27.6. The van der Waals surface area contributed by atoms with Crippen LogP contribution in [-0.2, 0) is 16.1 Å². The number of hydrogen-bond acceptors (Lipinski definition) is 2. The minimum absolute atomic E-state index is 0.0660. The van der Waals surface area contributed by atoms with E-state index in [1.54, 1.807) is 0 Å². The predicted octanol–water partition coefficient (Wildman–Crippen LogP) is 3.81. The molecular formula is C21H16ClNO2. The zero-order valence-electron chi connectivity index (χ0n) is 13.4. The van der Waals surface area contributed by atoms with Gasteiger partial charge in [-0.3, -0.25) is 14.5 Å². The largest absolute Gasteiger partial charge is 0.278 e. The van der Waals surface area contributed by atoms with Gasteiger partial charge in [-0.2, -0.15) is 0 Å². The van der Waals surface area contributed by atoms with Gasteiger partial charge < -0.3 is 0 Å². The molecule has 0 saturated carbocycles. The van der Waals surface area contributed by atoms with Crippen LogP contribution in [0.15, 0.2) is 65.7 Å². The van der Waals surface area contributed by atoms with Crippen molar-refractivity contribution in [2.45, 2.75) is 18.4 Å². The van der Waals surface area contributed by atoms with Crippen molar-refractivity contribution in [3.63, 3.8) is 0 Å². The van der Waals surface area contributed by atoms with Gasteiger partial charge in [-0.25, -0.2) is 0 Å². The van der Waals surface area contributed by atoms with E-state index < -0.39 is 0 Å². The minimum atomic E-state index is -0.367. The molecule has 25 heavy (non-hydrogen) atoms. The standard InChI is InChI=1S/C21H16ClNO2/c22-16-10-15-13-8-4-5-9-14(13)17(16)19-18(15)20(24)23(21(19)25)11-12-6-2-1-3-7-12/h1-10,15,17-19H,11H2/t15-,17-,18+,19-/m0/s1. The van der Waals surface area contributed by atoms with Crippen molar-refractivity contribution in [1.29, 1.82) is 0 Å². The number of carbonyl (C=O) groups excluding carboxylic acids is 2. The monoisotopic (exact) mass is 349 g/mol. The Hall–Kier alpha value is -2.39. The Morgan fingerprint density at radius 2 is 1.48 bits per heavy atom. The topological polar surface area (TPSA) is 37.4 Å². The molecule has 0 N–H and O–H groups in total. The third-order valence-electron chi connectivity index (χ3n) is 5.74. The molecule has 0 unspecified atom stereocenters. The zero-order chi connectivity index (χ0) is 17.1. The molecule has 1 fully saturated rings. The van der Waals surface area contributed by atoms with E-state index >= 15 is 0 Å². The van der Waals surface area contributed by atoms with Gasteiger partial charge in [0.1, 0.15) is 0 Å². The fraction of sp³-hybridized carbons (Fsp3) is 0.238. The first kappa shape index (κ1) is 14.9. The van der Waals surface area contributed by atoms with Gasteiger partial charge in [-0.05, 0) is 16.7 Å². The van der Waals surface area contributed by atoms with E-state index in [9.17, 15) is 9.59 Å². The molecule has 3 nitrogen and oxygen atoms in total. The molecule has 2 aromatic rings. The number of halogens is 1. The second-order valence-electron chi connectivity index (χ2n) is 6.98. The van der Waals surface area contributed by atoms with Crippen LogP contribution in [0.4, 0.5) is 0 Å². The van der Waals surface area contributed by atoms with E-state index in [1.807, 2.05) is 54.6 Å². The van der Waals surface area contributed by atoms with Crippen molar-refractivity contribution in [3.05, 3.63) is 82.4 Å². The number of allylic oxidation sites excluding steroid dienone is 2. The maximum Gasteiger partial charge on any atom is 0.234 e. The molecule has 3 aliphatic carbocycles. The molecule has 4 heteroatoms. The highest BCUT2D eigenvalue weighted by Crippen LogP contribution is 2.59. The van der Waals surface area contributed by atoms with E-state index in [2.05, 4.69) is 6.07 Å². The highest BCUT2D eigenvalue weighted by molar-refractivity contribution is 6.31. The lowest BCUT2D eigenvalue weighted by Gasteiger charge is -2.42. The molecule has 2 amide bonds. The van der Waals surface area contributed by atoms with Crippen molar-refractivity contribution in [3.8, 4) is 0 Å². The van der Waals surface area contributed by atoms with Crippen LogP contribution < -0.4 is 0 Å². The molecule has 1 saturated heterocycles. The van der Waals surface area contributed by atoms with Gasteiger partial charge in [0, 0.05) is 16.9 Å². The first-order valence-electron chi connectivity index (χ1n) is 8.52. The Kier molecular flexibility index (Phi) is 3.16. The molecule has 1 aliphatic heterocycles. The Bertz CT molecular complexity index is 921. The molecule has 1 heterocycles. The summed E-state index contributed by atoms with van der Waals surface area (Å²) in [5.74, 6) is -1.13. The molecular weight excluding hydrogens is 334 g/mol. The first-order chi connectivity index (χ1) is 12.2. The average molecular weight is 350 g/mol. The third kappa shape index (κ3) is 1.99. The average Bonchev–Trinajstić information content (AvgIpc) is 2.89. The number of carbonyl (C=O) groups is 2. The third-order valence-corrected chi connectivity index (χ3v) is 6.11. The van der Waals surface area contributed by atoms with Gasteiger partial charge in [-0.1, -0.05) is 72.3 Å². The lowest BCUT2D eigenvalue weighted by Crippen LogP contribution is -2.38. The summed E-state index contributed by atoms with van der Waals surface area (Å²) >= 11 is 6.51. The molecule has 2 aromatic carbocycles. The van der Waals surface area contributed by atoms with Gasteiger partial charge in [0.15, 0.2) is 0 Å². The van der Waals surface area contributed by atoms with Crippen molar-refractivity contribution < 1.29 is 9.59 Å². The van der Waals surface area contributed by atoms with E-state index in [-0.39, 0.29) is 35.5 Å². The van der Waals surface area contributed by atoms with Gasteiger partial charge in [0.2, 0.25) is 11.8 Å². The summed E-state index contributed by atoms with van der Waals surface area (Å²) < 4.78 is 0. The molecule has 0 radical (unpaired) electrons. The van der Waals surface area contributed by atoms with E-state index in [0.717, 1.165) is 16.7 Å². The number of amides is 2. The molecule has 6 rings (SSSR count). The fourth-order valence-corrected chi connectivity index (χ4v) is 5.09. The van der Waals surface area contributed by atoms with Crippen LogP contribution in [0.25, 0.3) is 0 Å². The van der Waals surface area contributed by atoms with Crippen LogP contribution in [0.2, 0.25) is 0 Å². The van der Waals surface area contributed by atoms with Crippen molar-refractivity contribution in [1.82, 2.24) is 4.90 Å². The van der Waals surface area contributed by atoms with Gasteiger partial charge >= 0.3 is 0 Å². The Labute approximate surface area is 150 Å². The van der Waals surface area contributed by atoms with Crippen LogP contribution in [0.3, 0.4) is 0 Å². The SMILES string of the molecule is O=C1[C@@H]2[C@H](C(=O)N1Cc1ccccc1)[C@H]1C=C(Cl)[C@@H]2c2ccccc21. The lowest BCUT2D eigenvalue weighted by molar-refractivity contribution is -0.140. The quantitative estimate of drug-likeness (QED) is 0.773. The smallest absolute Gasteiger partial charge is 0.234 e. The number of hydrogen-bond donors (Lipinski definition) is 0. The van der Waals surface area contributed by atoms with Crippen LogP contribution in [-0.4, -0.2) is 16.7 Å². The molecule has 2 bridgehead atoms. The summed E-state index contributed by atoms with van der Waals surface area (Å²) in [6.07, 6.45) is 1.98. The second-order valence-corrected chi connectivity index (χ2v) is 7.42. The molecule has 4 atom stereocenters. The van der Waals surface area contributed by atoms with E-state index in [1.165, 1.54) is 4.90 Å². The highest BCUT2D eigenvalue weighted by atomic mass is 35.5. The summed E-state index contributed by atoms with van der Waals surface area (Å²) in [5, 5.41) is 0.702. The maximum absolute atomic E-state index is 13.1. The second kappa shape index (κ2) is 5.30. The summed E-state index contributed by atoms with van der Waals surface area (Å²) in [6.45, 7) is 0.332. The summed E-state index contributed by atoms with van der Waals surface area (Å²) in [5.41, 5.74) is 3.21. The number of rotatable bonds is 2. The number of nitrogens with zero attached hydrogens (tertiary/aromatic N) is 1. The molecule has 4 aliphatic rings. The Morgan fingerprint density at radius 3 is 2.24 bits per heavy atom. The first-order valence-corrected chi connectivity index (χ1v) is 8.90. The van der Waals surface area contributed by atoms with Crippen LogP contribution in [0, 0.1) is 11.8 Å². The predicted molar refractivity (Wildman–Crippen MR) is 94.8 cm³/mol. The number of benzene rings is 2. The van der Waals surface area contributed by atoms with E-state index in [0.29, 0.717) is 11.6 Å². The Morgan fingerprint density at radius 1 is 0.840 bits per heavy atom. The Balaban J connectivity index is 1.57. The van der Waals surface area contributed by atoms with Crippen LogP contribution in [0.1, 0.15) is 28.5 Å². The van der Waals surface area contributed by atoms with E-state index in [4.69, 9.17) is 11.6 Å².